The van der Waals surface area contributed by atoms with E-state index in [9.17, 15) is 19.4 Å². The van der Waals surface area contributed by atoms with Gasteiger partial charge < -0.3 is 19.8 Å². The highest BCUT2D eigenvalue weighted by atomic mass is 31.2. The Bertz CT molecular complexity index is 1180. The first kappa shape index (κ1) is 59.2. The average molecular weight is 878 g/mol. The lowest BCUT2D eigenvalue weighted by Crippen LogP contribution is -2.46. The van der Waals surface area contributed by atoms with Gasteiger partial charge in [-0.3, -0.25) is 13.8 Å². The second-order valence-corrected chi connectivity index (χ2v) is 19.6. The van der Waals surface area contributed by atoms with Crippen LogP contribution >= 0.6 is 7.82 Å². The summed E-state index contributed by atoms with van der Waals surface area (Å²) in [6.07, 6.45) is 57.0. The Balaban J connectivity index is 4.08. The quantitative estimate of drug-likeness (QED) is 0.0244. The van der Waals surface area contributed by atoms with Crippen molar-refractivity contribution in [2.75, 3.05) is 40.9 Å². The van der Waals surface area contributed by atoms with Gasteiger partial charge in [0.15, 0.2) is 0 Å². The van der Waals surface area contributed by atoms with Crippen molar-refractivity contribution in [2.45, 2.75) is 225 Å². The molecule has 0 aliphatic rings. The molecule has 0 aliphatic heterocycles. The molecule has 0 rings (SSSR count). The highest BCUT2D eigenvalue weighted by molar-refractivity contribution is 7.47. The number of aliphatic hydroxyl groups is 1. The number of likely N-dealkylation sites (N-methyl/N-ethyl adjacent to an activating group) is 1. The molecule has 9 heteroatoms. The summed E-state index contributed by atoms with van der Waals surface area (Å²) in [5.41, 5.74) is 0. The van der Waals surface area contributed by atoms with Crippen LogP contribution in [0.2, 0.25) is 0 Å². The molecular formula is C52H98N2O6P+. The highest BCUT2D eigenvalue weighted by Gasteiger charge is 2.28. The predicted molar refractivity (Wildman–Crippen MR) is 263 cm³/mol. The van der Waals surface area contributed by atoms with E-state index >= 15 is 0 Å². The second kappa shape index (κ2) is 43.5. The number of hydrogen-bond donors (Lipinski definition) is 3. The van der Waals surface area contributed by atoms with Gasteiger partial charge in [-0.2, -0.15) is 0 Å². The van der Waals surface area contributed by atoms with E-state index in [-0.39, 0.29) is 19.1 Å². The number of allylic oxidation sites excluding steroid dienone is 10. The first-order chi connectivity index (χ1) is 29.5. The van der Waals surface area contributed by atoms with E-state index in [0.29, 0.717) is 23.9 Å². The van der Waals surface area contributed by atoms with Crippen molar-refractivity contribution in [1.82, 2.24) is 5.32 Å². The van der Waals surface area contributed by atoms with Crippen molar-refractivity contribution in [3.63, 3.8) is 0 Å². The zero-order valence-electron chi connectivity index (χ0n) is 40.4. The third-order valence-electron chi connectivity index (χ3n) is 11.0. The zero-order valence-corrected chi connectivity index (χ0v) is 41.3. The maximum atomic E-state index is 12.9. The van der Waals surface area contributed by atoms with Crippen LogP contribution in [0.1, 0.15) is 213 Å². The van der Waals surface area contributed by atoms with Gasteiger partial charge in [-0.05, 0) is 57.8 Å². The summed E-state index contributed by atoms with van der Waals surface area (Å²) in [7, 11) is 1.61. The molecule has 0 aromatic heterocycles. The summed E-state index contributed by atoms with van der Waals surface area (Å²) in [5, 5.41) is 13.9. The Morgan fingerprint density at radius 1 is 0.574 bits per heavy atom. The highest BCUT2D eigenvalue weighted by Crippen LogP contribution is 2.43. The normalized spacial score (nSPS) is 14.7. The molecule has 1 amide bonds. The van der Waals surface area contributed by atoms with Crippen LogP contribution in [-0.2, 0) is 18.4 Å². The summed E-state index contributed by atoms with van der Waals surface area (Å²) in [6, 6.07) is -0.761. The molecular weight excluding hydrogens is 780 g/mol. The Morgan fingerprint density at radius 3 is 1.44 bits per heavy atom. The fourth-order valence-corrected chi connectivity index (χ4v) is 7.81. The minimum atomic E-state index is -4.31. The maximum Gasteiger partial charge on any atom is 0.472 e. The van der Waals surface area contributed by atoms with Crippen LogP contribution in [0, 0.1) is 0 Å². The van der Waals surface area contributed by atoms with E-state index in [1.165, 1.54) is 116 Å². The fourth-order valence-electron chi connectivity index (χ4n) is 7.07. The number of hydrogen-bond acceptors (Lipinski definition) is 5. The van der Waals surface area contributed by atoms with Gasteiger partial charge in [0.05, 0.1) is 39.9 Å². The number of quaternary nitrogens is 1. The first-order valence-corrected chi connectivity index (χ1v) is 26.6. The van der Waals surface area contributed by atoms with Crippen LogP contribution in [0.5, 0.6) is 0 Å². The maximum absolute atomic E-state index is 12.9. The summed E-state index contributed by atoms with van der Waals surface area (Å²) < 4.78 is 23.6. The molecule has 0 aromatic carbocycles. The third-order valence-corrected chi connectivity index (χ3v) is 12.0. The molecule has 0 heterocycles. The van der Waals surface area contributed by atoms with Gasteiger partial charge in [-0.1, -0.05) is 209 Å². The summed E-state index contributed by atoms with van der Waals surface area (Å²) >= 11 is 0. The van der Waals surface area contributed by atoms with Gasteiger partial charge in [0.2, 0.25) is 5.91 Å². The molecule has 8 nitrogen and oxygen atoms in total. The van der Waals surface area contributed by atoms with Crippen molar-refractivity contribution < 1.29 is 32.9 Å². The molecule has 0 saturated heterocycles. The van der Waals surface area contributed by atoms with E-state index < -0.39 is 20.0 Å². The molecule has 0 spiro atoms. The van der Waals surface area contributed by atoms with Crippen LogP contribution in [-0.4, -0.2) is 73.4 Å². The number of carbonyl (C=O) groups is 1. The number of carbonyl (C=O) groups excluding carboxylic acids is 1. The first-order valence-electron chi connectivity index (χ1n) is 25.2. The topological polar surface area (TPSA) is 105 Å². The Hall–Kier alpha value is -1.80. The van der Waals surface area contributed by atoms with Crippen molar-refractivity contribution in [2.24, 2.45) is 0 Å². The van der Waals surface area contributed by atoms with E-state index in [1.807, 2.05) is 21.1 Å². The fraction of sp³-hybridized carbons (Fsp3) is 0.788. The average Bonchev–Trinajstić information content (AvgIpc) is 3.21. The van der Waals surface area contributed by atoms with Crippen LogP contribution in [0.4, 0.5) is 0 Å². The van der Waals surface area contributed by atoms with Gasteiger partial charge in [-0.15, -0.1) is 0 Å². The van der Waals surface area contributed by atoms with Crippen molar-refractivity contribution >= 4 is 13.7 Å². The van der Waals surface area contributed by atoms with Crippen molar-refractivity contribution in [1.29, 1.82) is 0 Å². The number of amides is 1. The number of aliphatic hydroxyl groups excluding tert-OH is 1. The lowest BCUT2D eigenvalue weighted by Gasteiger charge is -2.26. The van der Waals surface area contributed by atoms with Crippen molar-refractivity contribution in [3.8, 4) is 0 Å². The molecule has 0 radical (unpaired) electrons. The molecule has 0 aliphatic carbocycles. The van der Waals surface area contributed by atoms with Crippen LogP contribution < -0.4 is 5.32 Å². The SMILES string of the molecule is CC/C=C\C/C=C\C/C=C\C/C=C\C/C=C\CCCCCCCCCCCCCCCC(=O)NC(COP(=O)(O)OCC[N+](C)(C)C)C(O)CCCCCCCCCCCC. The Labute approximate surface area is 377 Å². The van der Waals surface area contributed by atoms with Gasteiger partial charge >= 0.3 is 7.82 Å². The number of nitrogens with one attached hydrogen (secondary N) is 1. The van der Waals surface area contributed by atoms with Gasteiger partial charge in [0.1, 0.15) is 13.2 Å². The van der Waals surface area contributed by atoms with Crippen LogP contribution in [0.15, 0.2) is 60.8 Å². The summed E-state index contributed by atoms with van der Waals surface area (Å²) in [4.78, 5) is 23.2. The lowest BCUT2D eigenvalue weighted by atomic mass is 10.0. The lowest BCUT2D eigenvalue weighted by molar-refractivity contribution is -0.870. The number of phosphoric ester groups is 1. The number of rotatable bonds is 45. The summed E-state index contributed by atoms with van der Waals surface area (Å²) in [5.74, 6) is -0.149. The molecule has 0 saturated carbocycles. The monoisotopic (exact) mass is 878 g/mol. The minimum Gasteiger partial charge on any atom is -0.391 e. The third kappa shape index (κ3) is 46.0. The van der Waals surface area contributed by atoms with Crippen molar-refractivity contribution in [3.05, 3.63) is 60.8 Å². The Morgan fingerprint density at radius 2 is 0.984 bits per heavy atom. The smallest absolute Gasteiger partial charge is 0.391 e. The van der Waals surface area contributed by atoms with E-state index in [1.54, 1.807) is 0 Å². The van der Waals surface area contributed by atoms with E-state index in [2.05, 4.69) is 79.9 Å². The Kier molecular flexibility index (Phi) is 42.2. The molecule has 356 valence electrons. The standard InChI is InChI=1S/C52H97N2O6P/c1-6-8-10-12-14-16-18-19-20-21-22-23-24-25-26-27-28-29-30-31-32-33-34-35-36-38-40-42-44-46-52(56)53-50(49-60-61(57,58)59-48-47-54(3,4)5)51(55)45-43-41-39-37-17-15-13-11-9-7-2/h8,10,14,16,19-20,22-23,25-26,50-51,55H,6-7,9,11-13,15,17-18,21,24,27-49H2,1-5H3,(H-,53,56,57,58)/p+1/b10-8-,16-14-,20-19-,23-22-,26-25-. The predicted octanol–water partition coefficient (Wildman–Crippen LogP) is 14.6. The largest absolute Gasteiger partial charge is 0.472 e. The van der Waals surface area contributed by atoms with E-state index in [0.717, 1.165) is 70.6 Å². The molecule has 3 atom stereocenters. The van der Waals surface area contributed by atoms with Crippen LogP contribution in [0.25, 0.3) is 0 Å². The zero-order chi connectivity index (χ0) is 45.0. The number of unbranched alkanes of at least 4 members (excludes halogenated alkanes) is 22. The molecule has 0 bridgehead atoms. The molecule has 0 fully saturated rings. The second-order valence-electron chi connectivity index (χ2n) is 18.2. The summed E-state index contributed by atoms with van der Waals surface area (Å²) in [6.45, 7) is 4.75. The molecule has 61 heavy (non-hydrogen) atoms. The van der Waals surface area contributed by atoms with Gasteiger partial charge in [-0.25, -0.2) is 4.57 Å². The minimum absolute atomic E-state index is 0.0728. The number of phosphoric acid groups is 1. The molecule has 3 N–H and O–H groups in total. The molecule has 3 unspecified atom stereocenters. The number of nitrogens with zero attached hydrogens (tertiary/aromatic N) is 1. The van der Waals surface area contributed by atoms with E-state index in [4.69, 9.17) is 9.05 Å². The van der Waals surface area contributed by atoms with Gasteiger partial charge in [0.25, 0.3) is 0 Å². The van der Waals surface area contributed by atoms with Gasteiger partial charge in [0, 0.05) is 6.42 Å². The molecule has 0 aromatic rings. The van der Waals surface area contributed by atoms with Crippen LogP contribution in [0.3, 0.4) is 0 Å².